The van der Waals surface area contributed by atoms with E-state index in [9.17, 15) is 0 Å². The highest BCUT2D eigenvalue weighted by molar-refractivity contribution is 6.32. The van der Waals surface area contributed by atoms with Gasteiger partial charge in [-0.05, 0) is 12.0 Å². The summed E-state index contributed by atoms with van der Waals surface area (Å²) < 4.78 is 10.6. The van der Waals surface area contributed by atoms with Gasteiger partial charge in [-0.25, -0.2) is 0 Å². The SMILES string of the molecule is CCC#CCC(C)c1cc(OC)c(Cl)cc1OC. The van der Waals surface area contributed by atoms with E-state index in [0.29, 0.717) is 10.8 Å². The topological polar surface area (TPSA) is 18.5 Å². The van der Waals surface area contributed by atoms with E-state index in [4.69, 9.17) is 21.1 Å². The molecular formula is C15H19ClO2. The molecule has 1 aromatic rings. The van der Waals surface area contributed by atoms with E-state index in [2.05, 4.69) is 18.8 Å². The number of rotatable bonds is 4. The molecule has 0 aliphatic heterocycles. The van der Waals surface area contributed by atoms with Crippen molar-refractivity contribution in [2.45, 2.75) is 32.6 Å². The molecule has 0 N–H and O–H groups in total. The molecular weight excluding hydrogens is 248 g/mol. The Balaban J connectivity index is 3.05. The van der Waals surface area contributed by atoms with Crippen molar-refractivity contribution in [2.75, 3.05) is 14.2 Å². The monoisotopic (exact) mass is 266 g/mol. The third-order valence-corrected chi connectivity index (χ3v) is 3.04. The lowest BCUT2D eigenvalue weighted by atomic mass is 9.96. The van der Waals surface area contributed by atoms with Crippen LogP contribution in [0, 0.1) is 11.8 Å². The van der Waals surface area contributed by atoms with Crippen molar-refractivity contribution in [1.82, 2.24) is 0 Å². The number of methoxy groups -OCH3 is 2. The van der Waals surface area contributed by atoms with Crippen molar-refractivity contribution < 1.29 is 9.47 Å². The lowest BCUT2D eigenvalue weighted by molar-refractivity contribution is 0.396. The zero-order chi connectivity index (χ0) is 13.5. The molecule has 0 aliphatic carbocycles. The number of hydrogen-bond acceptors (Lipinski definition) is 2. The van der Waals surface area contributed by atoms with E-state index in [-0.39, 0.29) is 5.92 Å². The van der Waals surface area contributed by atoms with Crippen molar-refractivity contribution in [3.63, 3.8) is 0 Å². The predicted octanol–water partition coefficient (Wildman–Crippen LogP) is 4.26. The molecule has 0 heterocycles. The molecule has 1 unspecified atom stereocenters. The number of hydrogen-bond donors (Lipinski definition) is 0. The van der Waals surface area contributed by atoms with Gasteiger partial charge < -0.3 is 9.47 Å². The van der Waals surface area contributed by atoms with E-state index in [1.807, 2.05) is 13.0 Å². The van der Waals surface area contributed by atoms with Gasteiger partial charge >= 0.3 is 0 Å². The molecule has 0 bridgehead atoms. The fourth-order valence-electron chi connectivity index (χ4n) is 1.73. The first kappa shape index (κ1) is 14.7. The summed E-state index contributed by atoms with van der Waals surface area (Å²) in [6, 6.07) is 3.72. The average Bonchev–Trinajstić information content (AvgIpc) is 2.38. The van der Waals surface area contributed by atoms with Crippen LogP contribution in [0.4, 0.5) is 0 Å². The molecule has 98 valence electrons. The van der Waals surface area contributed by atoms with Crippen LogP contribution in [0.3, 0.4) is 0 Å². The maximum Gasteiger partial charge on any atom is 0.138 e. The quantitative estimate of drug-likeness (QED) is 0.758. The molecule has 0 aliphatic rings. The Labute approximate surface area is 114 Å². The fraction of sp³-hybridized carbons (Fsp3) is 0.467. The lowest BCUT2D eigenvalue weighted by Crippen LogP contribution is -1.99. The van der Waals surface area contributed by atoms with Gasteiger partial charge in [-0.3, -0.25) is 0 Å². The highest BCUT2D eigenvalue weighted by Gasteiger charge is 2.14. The molecule has 0 aromatic heterocycles. The summed E-state index contributed by atoms with van der Waals surface area (Å²) in [5.41, 5.74) is 1.07. The van der Waals surface area contributed by atoms with Crippen LogP contribution in [0.2, 0.25) is 5.02 Å². The van der Waals surface area contributed by atoms with Crippen LogP contribution in [0.15, 0.2) is 12.1 Å². The van der Waals surface area contributed by atoms with Crippen molar-refractivity contribution in [3.8, 4) is 23.3 Å². The Bertz CT molecular complexity index is 458. The normalized spacial score (nSPS) is 11.4. The zero-order valence-electron chi connectivity index (χ0n) is 11.3. The summed E-state index contributed by atoms with van der Waals surface area (Å²) in [5.74, 6) is 7.97. The van der Waals surface area contributed by atoms with Gasteiger partial charge in [0.25, 0.3) is 0 Å². The molecule has 0 spiro atoms. The average molecular weight is 267 g/mol. The van der Waals surface area contributed by atoms with Gasteiger partial charge in [-0.1, -0.05) is 25.4 Å². The first-order valence-electron chi connectivity index (χ1n) is 6.01. The van der Waals surface area contributed by atoms with Gasteiger partial charge in [-0.2, -0.15) is 0 Å². The molecule has 0 saturated heterocycles. The summed E-state index contributed by atoms with van der Waals surface area (Å²) >= 11 is 6.08. The first-order chi connectivity index (χ1) is 8.63. The smallest absolute Gasteiger partial charge is 0.138 e. The fourth-order valence-corrected chi connectivity index (χ4v) is 1.96. The molecule has 1 aromatic carbocycles. The van der Waals surface area contributed by atoms with Crippen LogP contribution in [0.5, 0.6) is 11.5 Å². The summed E-state index contributed by atoms with van der Waals surface area (Å²) in [6.07, 6.45) is 1.68. The van der Waals surface area contributed by atoms with Crippen LogP contribution < -0.4 is 9.47 Å². The molecule has 0 saturated carbocycles. The van der Waals surface area contributed by atoms with Crippen molar-refractivity contribution in [2.24, 2.45) is 0 Å². The molecule has 0 radical (unpaired) electrons. The summed E-state index contributed by atoms with van der Waals surface area (Å²) in [7, 11) is 3.26. The Hall–Kier alpha value is -1.33. The summed E-state index contributed by atoms with van der Waals surface area (Å²) in [5, 5.41) is 0.560. The maximum absolute atomic E-state index is 6.08. The van der Waals surface area contributed by atoms with Crippen LogP contribution in [0.1, 0.15) is 38.2 Å². The zero-order valence-corrected chi connectivity index (χ0v) is 12.1. The van der Waals surface area contributed by atoms with Crippen LogP contribution >= 0.6 is 11.6 Å². The minimum atomic E-state index is 0.283. The van der Waals surface area contributed by atoms with Crippen LogP contribution in [0.25, 0.3) is 0 Å². The first-order valence-corrected chi connectivity index (χ1v) is 6.38. The Morgan fingerprint density at radius 3 is 2.39 bits per heavy atom. The van der Waals surface area contributed by atoms with E-state index in [0.717, 1.165) is 24.2 Å². The van der Waals surface area contributed by atoms with Crippen molar-refractivity contribution in [3.05, 3.63) is 22.7 Å². The van der Waals surface area contributed by atoms with Crippen LogP contribution in [-0.4, -0.2) is 14.2 Å². The van der Waals surface area contributed by atoms with Crippen molar-refractivity contribution >= 4 is 11.6 Å². The van der Waals surface area contributed by atoms with Crippen LogP contribution in [-0.2, 0) is 0 Å². The Morgan fingerprint density at radius 1 is 1.17 bits per heavy atom. The Kier molecular flexibility index (Phi) is 5.88. The number of ether oxygens (including phenoxy) is 2. The molecule has 18 heavy (non-hydrogen) atoms. The molecule has 0 amide bonds. The van der Waals surface area contributed by atoms with Gasteiger partial charge in [0.1, 0.15) is 11.5 Å². The minimum absolute atomic E-state index is 0.283. The molecule has 1 rings (SSSR count). The van der Waals surface area contributed by atoms with Gasteiger partial charge in [-0.15, -0.1) is 11.8 Å². The maximum atomic E-state index is 6.08. The van der Waals surface area contributed by atoms with Gasteiger partial charge in [0, 0.05) is 24.5 Å². The van der Waals surface area contributed by atoms with Crippen molar-refractivity contribution in [1.29, 1.82) is 0 Å². The van der Waals surface area contributed by atoms with E-state index >= 15 is 0 Å². The molecule has 1 atom stereocenters. The second-order valence-corrected chi connectivity index (χ2v) is 4.45. The summed E-state index contributed by atoms with van der Waals surface area (Å²) in [6.45, 7) is 4.17. The van der Waals surface area contributed by atoms with E-state index in [1.165, 1.54) is 0 Å². The second-order valence-electron chi connectivity index (χ2n) is 4.04. The molecule has 0 fully saturated rings. The van der Waals surface area contributed by atoms with E-state index in [1.54, 1.807) is 20.3 Å². The van der Waals surface area contributed by atoms with E-state index < -0.39 is 0 Å². The third kappa shape index (κ3) is 3.58. The second kappa shape index (κ2) is 7.18. The molecule has 3 heteroatoms. The largest absolute Gasteiger partial charge is 0.496 e. The standard InChI is InChI=1S/C15H19ClO2/c1-5-6-7-8-11(2)12-9-15(18-4)13(16)10-14(12)17-3/h9-11H,5,8H2,1-4H3. The van der Waals surface area contributed by atoms with Gasteiger partial charge in [0.05, 0.1) is 19.2 Å². The number of benzene rings is 1. The highest BCUT2D eigenvalue weighted by atomic mass is 35.5. The third-order valence-electron chi connectivity index (χ3n) is 2.75. The van der Waals surface area contributed by atoms with Gasteiger partial charge in [0.15, 0.2) is 0 Å². The minimum Gasteiger partial charge on any atom is -0.496 e. The van der Waals surface area contributed by atoms with Gasteiger partial charge in [0.2, 0.25) is 0 Å². The number of halogens is 1. The summed E-state index contributed by atoms with van der Waals surface area (Å²) in [4.78, 5) is 0. The Morgan fingerprint density at radius 2 is 1.83 bits per heavy atom. The lowest BCUT2D eigenvalue weighted by Gasteiger charge is -2.16. The predicted molar refractivity (Wildman–Crippen MR) is 75.7 cm³/mol. The highest BCUT2D eigenvalue weighted by Crippen LogP contribution is 2.37. The molecule has 2 nitrogen and oxygen atoms in total.